The van der Waals surface area contributed by atoms with Crippen LogP contribution in [0.2, 0.25) is 0 Å². The lowest BCUT2D eigenvalue weighted by Crippen LogP contribution is -2.33. The number of ether oxygens (including phenoxy) is 1. The molecule has 4 rings (SSSR count). The maximum Gasteiger partial charge on any atom is 0.522 e. The minimum Gasteiger partial charge on any atom is -0.368 e. The Balaban J connectivity index is 1.44. The molecule has 0 spiro atoms. The van der Waals surface area contributed by atoms with E-state index in [0.717, 1.165) is 42.4 Å². The molecule has 0 atom stereocenters. The van der Waals surface area contributed by atoms with Gasteiger partial charge in [0.05, 0.1) is 18.5 Å². The number of hydrogen-bond donors (Lipinski definition) is 1. The van der Waals surface area contributed by atoms with Gasteiger partial charge in [0.1, 0.15) is 5.82 Å². The van der Waals surface area contributed by atoms with Crippen LogP contribution in [0, 0.1) is 5.92 Å². The molecule has 31 heavy (non-hydrogen) atoms. The molecule has 0 radical (unpaired) electrons. The number of anilines is 1. The number of imidazole rings is 1. The predicted molar refractivity (Wildman–Crippen MR) is 114 cm³/mol. The van der Waals surface area contributed by atoms with Crippen molar-refractivity contribution in [3.8, 4) is 0 Å². The van der Waals surface area contributed by atoms with Crippen molar-refractivity contribution in [2.75, 3.05) is 38.6 Å². The van der Waals surface area contributed by atoms with Crippen LogP contribution in [-0.4, -0.2) is 59.1 Å². The molecular formula is C22H26F3N5O. The van der Waals surface area contributed by atoms with Crippen molar-refractivity contribution in [3.05, 3.63) is 53.9 Å². The Labute approximate surface area is 179 Å². The van der Waals surface area contributed by atoms with Crippen molar-refractivity contribution in [2.24, 2.45) is 5.92 Å². The highest BCUT2D eigenvalue weighted by atomic mass is 19.4. The van der Waals surface area contributed by atoms with Gasteiger partial charge in [-0.15, -0.1) is 18.3 Å². The Kier molecular flexibility index (Phi) is 6.43. The van der Waals surface area contributed by atoms with E-state index in [1.54, 1.807) is 28.9 Å². The number of halogens is 3. The number of nitrogens with zero attached hydrogens (tertiary/aromatic N) is 4. The van der Waals surface area contributed by atoms with E-state index in [0.29, 0.717) is 17.9 Å². The second-order valence-electron chi connectivity index (χ2n) is 8.03. The van der Waals surface area contributed by atoms with Crippen LogP contribution >= 0.6 is 0 Å². The lowest BCUT2D eigenvalue weighted by molar-refractivity contribution is -0.320. The van der Waals surface area contributed by atoms with Crippen molar-refractivity contribution in [1.82, 2.24) is 19.5 Å². The van der Waals surface area contributed by atoms with E-state index in [2.05, 4.69) is 27.0 Å². The number of piperidine rings is 1. The molecule has 1 saturated heterocycles. The summed E-state index contributed by atoms with van der Waals surface area (Å²) < 4.78 is 42.6. The third kappa shape index (κ3) is 5.74. The highest BCUT2D eigenvalue weighted by molar-refractivity contribution is 5.69. The molecule has 0 unspecified atom stereocenters. The Morgan fingerprint density at radius 3 is 2.81 bits per heavy atom. The second-order valence-corrected chi connectivity index (χ2v) is 8.03. The van der Waals surface area contributed by atoms with Crippen LogP contribution in [0.25, 0.3) is 11.2 Å². The molecule has 2 aromatic rings. The Hall–Kier alpha value is -2.65. The van der Waals surface area contributed by atoms with Crippen molar-refractivity contribution in [2.45, 2.75) is 25.6 Å². The summed E-state index contributed by atoms with van der Waals surface area (Å²) in [6.07, 6.45) is 6.89. The van der Waals surface area contributed by atoms with Crippen LogP contribution in [0.3, 0.4) is 0 Å². The molecule has 0 amide bonds. The second kappa shape index (κ2) is 9.23. The summed E-state index contributed by atoms with van der Waals surface area (Å²) in [5.74, 6) is 1.42. The smallest absolute Gasteiger partial charge is 0.368 e. The van der Waals surface area contributed by atoms with Gasteiger partial charge in [0.25, 0.3) is 0 Å². The molecule has 2 aromatic heterocycles. The summed E-state index contributed by atoms with van der Waals surface area (Å²) in [6.45, 7) is 2.62. The van der Waals surface area contributed by atoms with Gasteiger partial charge in [0.2, 0.25) is 0 Å². The van der Waals surface area contributed by atoms with Crippen molar-refractivity contribution in [3.63, 3.8) is 0 Å². The minimum atomic E-state index is -4.64. The molecule has 6 nitrogen and oxygen atoms in total. The monoisotopic (exact) mass is 433 g/mol. The van der Waals surface area contributed by atoms with Crippen molar-refractivity contribution in [1.29, 1.82) is 0 Å². The van der Waals surface area contributed by atoms with Gasteiger partial charge in [0.15, 0.2) is 5.65 Å². The average Bonchev–Trinajstić information content (AvgIpc) is 3.01. The Bertz CT molecular complexity index is 1000. The fourth-order valence-corrected chi connectivity index (χ4v) is 3.83. The fraction of sp³-hybridized carbons (Fsp3) is 0.455. The van der Waals surface area contributed by atoms with E-state index in [4.69, 9.17) is 5.10 Å². The van der Waals surface area contributed by atoms with Crippen LogP contribution < -0.4 is 5.32 Å². The molecule has 1 N–H and O–H groups in total. The maximum atomic E-state index is 12.3. The topological polar surface area (TPSA) is 54.7 Å². The van der Waals surface area contributed by atoms with E-state index >= 15 is 0 Å². The molecule has 1 aliphatic carbocycles. The van der Waals surface area contributed by atoms with Gasteiger partial charge in [-0.2, -0.15) is 0 Å². The molecule has 2 aliphatic rings. The van der Waals surface area contributed by atoms with Gasteiger partial charge in [-0.25, -0.2) is 9.50 Å². The van der Waals surface area contributed by atoms with Gasteiger partial charge in [0, 0.05) is 6.54 Å². The fourth-order valence-electron chi connectivity index (χ4n) is 3.83. The Morgan fingerprint density at radius 2 is 2.03 bits per heavy atom. The van der Waals surface area contributed by atoms with Crippen LogP contribution in [0.5, 0.6) is 0 Å². The summed E-state index contributed by atoms with van der Waals surface area (Å²) in [6, 6.07) is 3.84. The van der Waals surface area contributed by atoms with Gasteiger partial charge in [-0.3, -0.25) is 4.74 Å². The number of alkyl halides is 3. The summed E-state index contributed by atoms with van der Waals surface area (Å²) >= 11 is 0. The quantitative estimate of drug-likeness (QED) is 0.737. The molecule has 0 saturated carbocycles. The molecular weight excluding hydrogens is 407 g/mol. The first kappa shape index (κ1) is 21.6. The highest BCUT2D eigenvalue weighted by Crippen LogP contribution is 2.25. The van der Waals surface area contributed by atoms with Crippen LogP contribution in [0.4, 0.5) is 19.0 Å². The Morgan fingerprint density at radius 1 is 1.23 bits per heavy atom. The van der Waals surface area contributed by atoms with E-state index in [9.17, 15) is 13.2 Å². The summed E-state index contributed by atoms with van der Waals surface area (Å²) in [5.41, 5.74) is 2.94. The lowest BCUT2D eigenvalue weighted by Gasteiger charge is -2.29. The minimum absolute atomic E-state index is 0.465. The molecule has 3 heterocycles. The molecule has 9 heteroatoms. The van der Waals surface area contributed by atoms with Crippen molar-refractivity contribution >= 4 is 17.0 Å². The van der Waals surface area contributed by atoms with Gasteiger partial charge in [-0.1, -0.05) is 24.3 Å². The average molecular weight is 433 g/mol. The summed E-state index contributed by atoms with van der Waals surface area (Å²) in [5, 5.41) is 8.15. The van der Waals surface area contributed by atoms with Gasteiger partial charge < -0.3 is 10.2 Å². The highest BCUT2D eigenvalue weighted by Gasteiger charge is 2.29. The van der Waals surface area contributed by atoms with Crippen LogP contribution in [-0.2, 0) is 4.74 Å². The van der Waals surface area contributed by atoms with E-state index in [-0.39, 0.29) is 0 Å². The first-order valence-electron chi connectivity index (χ1n) is 10.4. The molecule has 0 aromatic carbocycles. The zero-order chi connectivity index (χ0) is 21.8. The third-order valence-corrected chi connectivity index (χ3v) is 5.70. The van der Waals surface area contributed by atoms with E-state index in [1.807, 2.05) is 18.2 Å². The number of nitrogens with one attached hydrogen (secondary N) is 1. The first-order valence-corrected chi connectivity index (χ1v) is 10.4. The molecule has 1 aliphatic heterocycles. The molecule has 166 valence electrons. The van der Waals surface area contributed by atoms with Crippen molar-refractivity contribution < 1.29 is 17.9 Å². The number of aromatic nitrogens is 3. The molecule has 1 fully saturated rings. The maximum absolute atomic E-state index is 12.3. The van der Waals surface area contributed by atoms with Gasteiger partial charge >= 0.3 is 6.36 Å². The van der Waals surface area contributed by atoms with Crippen LogP contribution in [0.1, 0.15) is 25.0 Å². The lowest BCUT2D eigenvalue weighted by atomic mass is 9.97. The molecule has 0 bridgehead atoms. The number of allylic oxidation sites excluding steroid dienone is 4. The number of hydrogen-bond acceptors (Lipinski definition) is 5. The normalized spacial score (nSPS) is 18.7. The first-order chi connectivity index (χ1) is 14.9. The van der Waals surface area contributed by atoms with E-state index in [1.165, 1.54) is 12.8 Å². The zero-order valence-corrected chi connectivity index (χ0v) is 17.4. The number of fused-ring (bicyclic) bond motifs is 1. The predicted octanol–water partition coefficient (Wildman–Crippen LogP) is 4.29. The van der Waals surface area contributed by atoms with Crippen LogP contribution in [0.15, 0.2) is 48.2 Å². The largest absolute Gasteiger partial charge is 0.522 e. The summed E-state index contributed by atoms with van der Waals surface area (Å²) in [4.78, 5) is 6.77. The third-order valence-electron chi connectivity index (χ3n) is 5.70. The number of rotatable bonds is 6. The summed E-state index contributed by atoms with van der Waals surface area (Å²) in [7, 11) is 2.15. The zero-order valence-electron chi connectivity index (χ0n) is 17.4. The van der Waals surface area contributed by atoms with Gasteiger partial charge in [-0.05, 0) is 68.6 Å². The number of likely N-dealkylation sites (tertiary alicyclic amines) is 1. The van der Waals surface area contributed by atoms with E-state index < -0.39 is 13.0 Å². The standard InChI is InChI=1S/C22H26F3N5O/c1-29-11-9-16(10-12-29)13-26-20-7-8-21-27-14-19(30(21)28-20)18-4-2-3-17(5-6-18)15-31-22(23,24)25/h2-5,7-8,14,16H,6,9-13,15H2,1H3,(H,26,28). The SMILES string of the molecule is CN1CCC(CNc2ccc3ncc(C4=CC=CC(COC(F)(F)F)=CC4)n3n2)CC1.